The number of benzene rings is 1. The van der Waals surface area contributed by atoms with E-state index in [0.29, 0.717) is 31.2 Å². The molecule has 0 bridgehead atoms. The average Bonchev–Trinajstić information content (AvgIpc) is 3.05. The summed E-state index contributed by atoms with van der Waals surface area (Å²) in [5, 5.41) is 0. The highest BCUT2D eigenvalue weighted by atomic mass is 19.1. The number of rotatable bonds is 7. The number of imidazole rings is 1. The van der Waals surface area contributed by atoms with Crippen molar-refractivity contribution in [3.63, 3.8) is 0 Å². The summed E-state index contributed by atoms with van der Waals surface area (Å²) in [6, 6.07) is 4.37. The Morgan fingerprint density at radius 1 is 1.36 bits per heavy atom. The van der Waals surface area contributed by atoms with Crippen LogP contribution in [0.4, 0.5) is 4.39 Å². The molecule has 0 spiro atoms. The lowest BCUT2D eigenvalue weighted by Gasteiger charge is -2.33. The highest BCUT2D eigenvalue weighted by molar-refractivity contribution is 5.94. The Bertz CT molecular complexity index is 821. The van der Waals surface area contributed by atoms with Crippen molar-refractivity contribution in [2.24, 2.45) is 5.92 Å². The zero-order valence-electron chi connectivity index (χ0n) is 16.8. The van der Waals surface area contributed by atoms with Crippen LogP contribution in [-0.4, -0.2) is 54.3 Å². The van der Waals surface area contributed by atoms with Crippen LogP contribution < -0.4 is 4.74 Å². The first-order chi connectivity index (χ1) is 13.5. The number of nitrogens with zero attached hydrogens (tertiary/aromatic N) is 3. The van der Waals surface area contributed by atoms with Crippen LogP contribution in [0.2, 0.25) is 0 Å². The monoisotopic (exact) mass is 389 g/mol. The Balaban J connectivity index is 1.67. The zero-order chi connectivity index (χ0) is 20.1. The molecule has 7 heteroatoms. The molecule has 3 rings (SSSR count). The molecule has 1 unspecified atom stereocenters. The summed E-state index contributed by atoms with van der Waals surface area (Å²) >= 11 is 0. The lowest BCUT2D eigenvalue weighted by atomic mass is 9.94. The highest BCUT2D eigenvalue weighted by Gasteiger charge is 2.26. The number of carbonyl (C=O) groups is 1. The summed E-state index contributed by atoms with van der Waals surface area (Å²) in [5.41, 5.74) is 1.47. The van der Waals surface area contributed by atoms with Crippen molar-refractivity contribution >= 4 is 5.91 Å². The molecule has 1 fully saturated rings. The second-order valence-electron chi connectivity index (χ2n) is 7.27. The predicted molar refractivity (Wildman–Crippen MR) is 104 cm³/mol. The Kier molecular flexibility index (Phi) is 6.67. The number of carbonyl (C=O) groups excluding carboxylic acids is 1. The molecule has 1 aromatic carbocycles. The number of methoxy groups -OCH3 is 2. The van der Waals surface area contributed by atoms with E-state index in [4.69, 9.17) is 9.47 Å². The fourth-order valence-corrected chi connectivity index (χ4v) is 3.82. The second-order valence-corrected chi connectivity index (χ2v) is 7.27. The summed E-state index contributed by atoms with van der Waals surface area (Å²) in [7, 11) is 3.10. The van der Waals surface area contributed by atoms with Gasteiger partial charge in [-0.15, -0.1) is 0 Å². The van der Waals surface area contributed by atoms with E-state index in [0.717, 1.165) is 37.3 Å². The lowest BCUT2D eigenvalue weighted by molar-refractivity contribution is 0.0671. The Hall–Kier alpha value is -2.41. The van der Waals surface area contributed by atoms with Gasteiger partial charge in [-0.1, -0.05) is 0 Å². The van der Waals surface area contributed by atoms with Crippen molar-refractivity contribution in [3.8, 4) is 5.75 Å². The van der Waals surface area contributed by atoms with Gasteiger partial charge in [0.25, 0.3) is 5.91 Å². The summed E-state index contributed by atoms with van der Waals surface area (Å²) in [5.74, 6) is 0.863. The van der Waals surface area contributed by atoms with Crippen molar-refractivity contribution in [1.29, 1.82) is 0 Å². The first-order valence-electron chi connectivity index (χ1n) is 9.66. The molecule has 2 heterocycles. The maximum absolute atomic E-state index is 14.0. The number of halogens is 1. The smallest absolute Gasteiger partial charge is 0.253 e. The molecule has 0 N–H and O–H groups in total. The molecule has 1 aliphatic heterocycles. The third-order valence-electron chi connectivity index (χ3n) is 5.33. The fraction of sp³-hybridized carbons (Fsp3) is 0.524. The number of amides is 1. The van der Waals surface area contributed by atoms with Gasteiger partial charge in [-0.25, -0.2) is 9.37 Å². The van der Waals surface area contributed by atoms with E-state index >= 15 is 0 Å². The summed E-state index contributed by atoms with van der Waals surface area (Å²) < 4.78 is 26.3. The minimum Gasteiger partial charge on any atom is -0.494 e. The van der Waals surface area contributed by atoms with E-state index in [-0.39, 0.29) is 11.7 Å². The van der Waals surface area contributed by atoms with Crippen LogP contribution in [0.1, 0.15) is 34.7 Å². The summed E-state index contributed by atoms with van der Waals surface area (Å²) in [4.78, 5) is 19.2. The van der Waals surface area contributed by atoms with Crippen molar-refractivity contribution < 1.29 is 18.7 Å². The van der Waals surface area contributed by atoms with E-state index in [9.17, 15) is 9.18 Å². The largest absolute Gasteiger partial charge is 0.494 e. The van der Waals surface area contributed by atoms with Gasteiger partial charge in [-0.3, -0.25) is 4.79 Å². The summed E-state index contributed by atoms with van der Waals surface area (Å²) in [6.07, 6.45) is 4.69. The Morgan fingerprint density at radius 3 is 2.89 bits per heavy atom. The van der Waals surface area contributed by atoms with E-state index in [2.05, 4.69) is 9.55 Å². The fourth-order valence-electron chi connectivity index (χ4n) is 3.82. The molecular weight excluding hydrogens is 361 g/mol. The van der Waals surface area contributed by atoms with Crippen LogP contribution in [0.15, 0.2) is 24.4 Å². The van der Waals surface area contributed by atoms with Gasteiger partial charge >= 0.3 is 0 Å². The third kappa shape index (κ3) is 4.52. The van der Waals surface area contributed by atoms with Gasteiger partial charge in [0, 0.05) is 50.6 Å². The standard InChI is InChI=1S/C21H28FN3O3/c1-15-13-23-20(25(15)9-10-27-2)11-16-5-4-8-24(14-16)21(26)17-6-7-19(28-3)18(22)12-17/h6-7,12-13,16H,4-5,8-11,14H2,1-3H3. The van der Waals surface area contributed by atoms with Crippen molar-refractivity contribution in [3.05, 3.63) is 47.3 Å². The van der Waals surface area contributed by atoms with Crippen molar-refractivity contribution in [2.75, 3.05) is 33.9 Å². The quantitative estimate of drug-likeness (QED) is 0.730. The number of likely N-dealkylation sites (tertiary alicyclic amines) is 1. The molecule has 6 nitrogen and oxygen atoms in total. The van der Waals surface area contributed by atoms with E-state index in [1.54, 1.807) is 13.2 Å². The number of hydrogen-bond donors (Lipinski definition) is 0. The normalized spacial score (nSPS) is 17.0. The first kappa shape index (κ1) is 20.3. The van der Waals surface area contributed by atoms with Gasteiger partial charge in [-0.2, -0.15) is 0 Å². The molecule has 1 aliphatic rings. The van der Waals surface area contributed by atoms with Crippen LogP contribution in [-0.2, 0) is 17.7 Å². The number of ether oxygens (including phenoxy) is 2. The lowest BCUT2D eigenvalue weighted by Crippen LogP contribution is -2.40. The van der Waals surface area contributed by atoms with Crippen LogP contribution in [0.3, 0.4) is 0 Å². The van der Waals surface area contributed by atoms with Gasteiger partial charge in [0.2, 0.25) is 0 Å². The molecule has 2 aromatic rings. The molecule has 1 saturated heterocycles. The van der Waals surface area contributed by atoms with Crippen molar-refractivity contribution in [1.82, 2.24) is 14.5 Å². The van der Waals surface area contributed by atoms with E-state index in [1.165, 1.54) is 19.2 Å². The third-order valence-corrected chi connectivity index (χ3v) is 5.33. The molecule has 28 heavy (non-hydrogen) atoms. The molecular formula is C21H28FN3O3. The van der Waals surface area contributed by atoms with Crippen LogP contribution in [0, 0.1) is 18.7 Å². The Labute approximate surface area is 165 Å². The summed E-state index contributed by atoms with van der Waals surface area (Å²) in [6.45, 7) is 4.81. The minimum atomic E-state index is -0.516. The SMILES string of the molecule is COCCn1c(C)cnc1CC1CCCN(C(=O)c2ccc(OC)c(F)c2)C1. The maximum Gasteiger partial charge on any atom is 0.253 e. The topological polar surface area (TPSA) is 56.6 Å². The van der Waals surface area contributed by atoms with Crippen LogP contribution >= 0.6 is 0 Å². The van der Waals surface area contributed by atoms with Crippen molar-refractivity contribution in [2.45, 2.75) is 32.7 Å². The number of hydrogen-bond acceptors (Lipinski definition) is 4. The molecule has 0 saturated carbocycles. The highest BCUT2D eigenvalue weighted by Crippen LogP contribution is 2.24. The number of aromatic nitrogens is 2. The Morgan fingerprint density at radius 2 is 2.18 bits per heavy atom. The predicted octanol–water partition coefficient (Wildman–Crippen LogP) is 3.08. The van der Waals surface area contributed by atoms with Gasteiger partial charge in [0.05, 0.1) is 13.7 Å². The second kappa shape index (κ2) is 9.19. The van der Waals surface area contributed by atoms with Crippen LogP contribution in [0.5, 0.6) is 5.75 Å². The molecule has 1 amide bonds. The molecule has 0 radical (unpaired) electrons. The number of piperidine rings is 1. The van der Waals surface area contributed by atoms with E-state index in [1.807, 2.05) is 18.0 Å². The molecule has 0 aliphatic carbocycles. The van der Waals surface area contributed by atoms with Gasteiger partial charge in [-0.05, 0) is 43.9 Å². The average molecular weight is 389 g/mol. The minimum absolute atomic E-state index is 0.134. The molecule has 152 valence electrons. The molecule has 1 aromatic heterocycles. The van der Waals surface area contributed by atoms with Gasteiger partial charge in [0.15, 0.2) is 11.6 Å². The maximum atomic E-state index is 14.0. The zero-order valence-corrected chi connectivity index (χ0v) is 16.8. The van der Waals surface area contributed by atoms with E-state index < -0.39 is 5.82 Å². The van der Waals surface area contributed by atoms with Gasteiger partial charge < -0.3 is 18.9 Å². The van der Waals surface area contributed by atoms with Crippen LogP contribution in [0.25, 0.3) is 0 Å². The number of aryl methyl sites for hydroxylation is 1. The first-order valence-corrected chi connectivity index (χ1v) is 9.66. The van der Waals surface area contributed by atoms with Gasteiger partial charge in [0.1, 0.15) is 5.82 Å². The molecule has 1 atom stereocenters.